The van der Waals surface area contributed by atoms with Gasteiger partial charge >= 0.3 is 5.97 Å². The SMILES string of the molecule is CC(C)Oc1ccc(-c2ncc(-c3cccc4c3CCC4NSCCC(=O)O)s2)cc1C#N. The monoisotopic (exact) mass is 479 g/mol. The number of hydrogen-bond acceptors (Lipinski definition) is 7. The smallest absolute Gasteiger partial charge is 0.304 e. The molecule has 170 valence electrons. The van der Waals surface area contributed by atoms with Gasteiger partial charge in [-0.15, -0.1) is 11.3 Å². The summed E-state index contributed by atoms with van der Waals surface area (Å²) in [5.74, 6) is 0.363. The Hall–Kier alpha value is -2.86. The van der Waals surface area contributed by atoms with Gasteiger partial charge in [0.15, 0.2) is 0 Å². The van der Waals surface area contributed by atoms with E-state index >= 15 is 0 Å². The first-order valence-electron chi connectivity index (χ1n) is 10.8. The lowest BCUT2D eigenvalue weighted by molar-refractivity contribution is -0.136. The van der Waals surface area contributed by atoms with Crippen LogP contribution in [0.15, 0.2) is 42.6 Å². The van der Waals surface area contributed by atoms with Gasteiger partial charge in [0.1, 0.15) is 16.8 Å². The van der Waals surface area contributed by atoms with Crippen LogP contribution < -0.4 is 9.46 Å². The van der Waals surface area contributed by atoms with E-state index in [1.54, 1.807) is 11.3 Å². The maximum atomic E-state index is 10.7. The Morgan fingerprint density at radius 1 is 1.39 bits per heavy atom. The summed E-state index contributed by atoms with van der Waals surface area (Å²) in [4.78, 5) is 16.5. The highest BCUT2D eigenvalue weighted by Gasteiger charge is 2.25. The normalized spacial score (nSPS) is 14.8. The molecule has 4 rings (SSSR count). The summed E-state index contributed by atoms with van der Waals surface area (Å²) in [6, 6.07) is 14.4. The van der Waals surface area contributed by atoms with Crippen molar-refractivity contribution in [1.29, 1.82) is 5.26 Å². The van der Waals surface area contributed by atoms with Crippen molar-refractivity contribution >= 4 is 29.3 Å². The number of thiazole rings is 1. The number of ether oxygens (including phenoxy) is 1. The van der Waals surface area contributed by atoms with Crippen LogP contribution in [0.2, 0.25) is 0 Å². The summed E-state index contributed by atoms with van der Waals surface area (Å²) < 4.78 is 9.17. The van der Waals surface area contributed by atoms with Gasteiger partial charge in [0.25, 0.3) is 0 Å². The minimum absolute atomic E-state index is 0.00322. The van der Waals surface area contributed by atoms with Crippen molar-refractivity contribution in [2.24, 2.45) is 0 Å². The molecule has 0 fully saturated rings. The third-order valence-electron chi connectivity index (χ3n) is 5.40. The van der Waals surface area contributed by atoms with Crippen LogP contribution in [-0.4, -0.2) is 27.9 Å². The van der Waals surface area contributed by atoms with Gasteiger partial charge in [-0.05, 0) is 61.6 Å². The van der Waals surface area contributed by atoms with Crippen molar-refractivity contribution in [2.45, 2.75) is 45.3 Å². The molecule has 0 saturated carbocycles. The van der Waals surface area contributed by atoms with Gasteiger partial charge in [0.2, 0.25) is 0 Å². The zero-order valence-electron chi connectivity index (χ0n) is 18.5. The summed E-state index contributed by atoms with van der Waals surface area (Å²) in [6.45, 7) is 3.88. The second kappa shape index (κ2) is 10.4. The highest BCUT2D eigenvalue weighted by atomic mass is 32.2. The molecule has 1 aliphatic rings. The van der Waals surface area contributed by atoms with Crippen LogP contribution in [0.1, 0.15) is 49.4 Å². The van der Waals surface area contributed by atoms with E-state index in [0.29, 0.717) is 17.1 Å². The number of nitrogens with zero attached hydrogens (tertiary/aromatic N) is 2. The number of hydrogen-bond donors (Lipinski definition) is 2. The topological polar surface area (TPSA) is 95.2 Å². The minimum atomic E-state index is -0.775. The highest BCUT2D eigenvalue weighted by molar-refractivity contribution is 7.97. The maximum absolute atomic E-state index is 10.7. The van der Waals surface area contributed by atoms with E-state index in [4.69, 9.17) is 9.84 Å². The molecule has 0 aliphatic heterocycles. The van der Waals surface area contributed by atoms with E-state index in [-0.39, 0.29) is 18.6 Å². The molecule has 0 bridgehead atoms. The number of nitrogens with one attached hydrogen (secondary N) is 1. The summed E-state index contributed by atoms with van der Waals surface area (Å²) in [5.41, 5.74) is 5.19. The van der Waals surface area contributed by atoms with E-state index in [1.165, 1.54) is 28.6 Å². The van der Waals surface area contributed by atoms with Crippen LogP contribution in [0.3, 0.4) is 0 Å². The first-order valence-corrected chi connectivity index (χ1v) is 12.6. The van der Waals surface area contributed by atoms with Crippen molar-refractivity contribution in [3.05, 3.63) is 59.3 Å². The molecule has 0 radical (unpaired) electrons. The second-order valence-corrected chi connectivity index (χ2v) is 10.1. The molecule has 3 aromatic rings. The molecule has 2 N–H and O–H groups in total. The van der Waals surface area contributed by atoms with E-state index in [2.05, 4.69) is 34.0 Å². The lowest BCUT2D eigenvalue weighted by Crippen LogP contribution is -2.12. The molecular formula is C25H25N3O3S2. The van der Waals surface area contributed by atoms with Crippen molar-refractivity contribution in [2.75, 3.05) is 5.75 Å². The van der Waals surface area contributed by atoms with E-state index in [1.807, 2.05) is 38.2 Å². The largest absolute Gasteiger partial charge is 0.490 e. The zero-order chi connectivity index (χ0) is 23.4. The molecule has 8 heteroatoms. The van der Waals surface area contributed by atoms with Gasteiger partial charge < -0.3 is 9.84 Å². The Morgan fingerprint density at radius 3 is 3.00 bits per heavy atom. The van der Waals surface area contributed by atoms with E-state index < -0.39 is 5.97 Å². The van der Waals surface area contributed by atoms with E-state index in [9.17, 15) is 10.1 Å². The first-order chi connectivity index (χ1) is 16.0. The van der Waals surface area contributed by atoms with Crippen molar-refractivity contribution in [3.63, 3.8) is 0 Å². The molecule has 1 atom stereocenters. The Bertz CT molecular complexity index is 1200. The van der Waals surface area contributed by atoms with Gasteiger partial charge in [0, 0.05) is 23.6 Å². The quantitative estimate of drug-likeness (QED) is 0.294. The number of carboxylic acid groups (broad SMARTS) is 1. The summed E-state index contributed by atoms with van der Waals surface area (Å²) >= 11 is 3.09. The van der Waals surface area contributed by atoms with Gasteiger partial charge in [0.05, 0.1) is 23.0 Å². The molecule has 0 saturated heterocycles. The van der Waals surface area contributed by atoms with Crippen LogP contribution in [0, 0.1) is 11.3 Å². The van der Waals surface area contributed by atoms with Gasteiger partial charge in [-0.25, -0.2) is 4.98 Å². The molecule has 6 nitrogen and oxygen atoms in total. The van der Waals surface area contributed by atoms with Crippen molar-refractivity contribution in [1.82, 2.24) is 9.71 Å². The van der Waals surface area contributed by atoms with Crippen molar-refractivity contribution < 1.29 is 14.6 Å². The number of benzene rings is 2. The molecule has 2 aromatic carbocycles. The Morgan fingerprint density at radius 2 is 2.24 bits per heavy atom. The number of rotatable bonds is 9. The van der Waals surface area contributed by atoms with Crippen LogP contribution >= 0.6 is 23.3 Å². The molecule has 33 heavy (non-hydrogen) atoms. The standard InChI is InChI=1S/C25H25N3O3S2/c1-15(2)31-22-9-6-16(12-17(22)13-26)25-27-14-23(33-25)20-5-3-4-19-18(20)7-8-21(19)28-32-11-10-24(29)30/h3-6,9,12,14-15,21,28H,7-8,10-11H2,1-2H3,(H,29,30). The third kappa shape index (κ3) is 5.38. The molecule has 0 spiro atoms. The van der Waals surface area contributed by atoms with Gasteiger partial charge in [-0.1, -0.05) is 30.1 Å². The molecular weight excluding hydrogens is 454 g/mol. The number of carbonyl (C=O) groups is 1. The van der Waals surface area contributed by atoms with Crippen LogP contribution in [0.5, 0.6) is 5.75 Å². The van der Waals surface area contributed by atoms with Gasteiger partial charge in [-0.3, -0.25) is 9.52 Å². The first kappa shape index (κ1) is 23.3. The molecule has 0 amide bonds. The van der Waals surface area contributed by atoms with E-state index in [0.717, 1.165) is 28.3 Å². The van der Waals surface area contributed by atoms with Crippen LogP contribution in [0.4, 0.5) is 0 Å². The predicted molar refractivity (Wildman–Crippen MR) is 132 cm³/mol. The number of fused-ring (bicyclic) bond motifs is 1. The fraction of sp³-hybridized carbons (Fsp3) is 0.320. The highest BCUT2D eigenvalue weighted by Crippen LogP contribution is 2.41. The summed E-state index contributed by atoms with van der Waals surface area (Å²) in [5, 5.41) is 19.2. The average molecular weight is 480 g/mol. The second-order valence-electron chi connectivity index (χ2n) is 8.09. The zero-order valence-corrected chi connectivity index (χ0v) is 20.1. The molecule has 1 heterocycles. The Labute approximate surface area is 201 Å². The van der Waals surface area contributed by atoms with Crippen molar-refractivity contribution in [3.8, 4) is 32.8 Å². The fourth-order valence-corrected chi connectivity index (χ4v) is 5.75. The number of nitriles is 1. The third-order valence-corrected chi connectivity index (χ3v) is 7.33. The predicted octanol–water partition coefficient (Wildman–Crippen LogP) is 5.84. The molecule has 1 aliphatic carbocycles. The lowest BCUT2D eigenvalue weighted by Gasteiger charge is -2.13. The molecule has 1 unspecified atom stereocenters. The van der Waals surface area contributed by atoms with Crippen LogP contribution in [-0.2, 0) is 11.2 Å². The lowest BCUT2D eigenvalue weighted by atomic mass is 10.0. The maximum Gasteiger partial charge on any atom is 0.304 e. The fourth-order valence-electron chi connectivity index (χ4n) is 3.94. The number of aromatic nitrogens is 1. The summed E-state index contributed by atoms with van der Waals surface area (Å²) in [7, 11) is 0. The van der Waals surface area contributed by atoms with Gasteiger partial charge in [-0.2, -0.15) is 5.26 Å². The number of aliphatic carboxylic acids is 1. The van der Waals surface area contributed by atoms with Crippen LogP contribution in [0.25, 0.3) is 21.0 Å². The number of carboxylic acids is 1. The summed E-state index contributed by atoms with van der Waals surface area (Å²) in [6.07, 6.45) is 4.02. The Balaban J connectivity index is 1.54. The molecule has 1 aromatic heterocycles. The average Bonchev–Trinajstić information content (AvgIpc) is 3.44. The minimum Gasteiger partial charge on any atom is -0.490 e. The Kier molecular flexibility index (Phi) is 7.33.